The Hall–Kier alpha value is -2.21. The lowest BCUT2D eigenvalue weighted by Crippen LogP contribution is -2.31. The van der Waals surface area contributed by atoms with Crippen LogP contribution in [0.4, 0.5) is 10.1 Å². The third-order valence-electron chi connectivity index (χ3n) is 3.63. The van der Waals surface area contributed by atoms with Gasteiger partial charge in [-0.2, -0.15) is 0 Å². The molecule has 1 atom stereocenters. The van der Waals surface area contributed by atoms with Crippen LogP contribution in [-0.4, -0.2) is 12.5 Å². The molecule has 0 radical (unpaired) electrons. The standard InChI is InChI=1S/C19H16ClFN2OS/c20-14-8-9-16(15(21)11-14)23-18(24)12-22-19(17-7-4-10-25-17)13-5-2-1-3-6-13/h1-11,19,22H,12H2,(H,23,24)/t19-/m0/s1. The highest BCUT2D eigenvalue weighted by molar-refractivity contribution is 7.10. The fourth-order valence-corrected chi connectivity index (χ4v) is 3.45. The van der Waals surface area contributed by atoms with E-state index in [1.807, 2.05) is 47.8 Å². The van der Waals surface area contributed by atoms with Crippen LogP contribution in [0.2, 0.25) is 5.02 Å². The molecule has 0 aliphatic rings. The van der Waals surface area contributed by atoms with Crippen molar-refractivity contribution in [3.05, 3.63) is 87.3 Å². The van der Waals surface area contributed by atoms with E-state index in [0.717, 1.165) is 10.4 Å². The van der Waals surface area contributed by atoms with Gasteiger partial charge in [-0.1, -0.05) is 48.0 Å². The largest absolute Gasteiger partial charge is 0.322 e. The van der Waals surface area contributed by atoms with E-state index in [-0.39, 0.29) is 29.2 Å². The molecule has 25 heavy (non-hydrogen) atoms. The summed E-state index contributed by atoms with van der Waals surface area (Å²) >= 11 is 7.33. The van der Waals surface area contributed by atoms with E-state index in [9.17, 15) is 9.18 Å². The number of thiophene rings is 1. The molecule has 1 heterocycles. The lowest BCUT2D eigenvalue weighted by molar-refractivity contribution is -0.115. The molecule has 0 unspecified atom stereocenters. The summed E-state index contributed by atoms with van der Waals surface area (Å²) in [5.41, 5.74) is 1.18. The molecule has 0 saturated carbocycles. The van der Waals surface area contributed by atoms with Crippen LogP contribution in [0.15, 0.2) is 66.0 Å². The number of nitrogens with one attached hydrogen (secondary N) is 2. The molecular weight excluding hydrogens is 359 g/mol. The van der Waals surface area contributed by atoms with Crippen LogP contribution in [0.3, 0.4) is 0 Å². The van der Waals surface area contributed by atoms with Gasteiger partial charge in [-0.05, 0) is 35.2 Å². The zero-order valence-corrected chi connectivity index (χ0v) is 14.8. The first-order valence-electron chi connectivity index (χ1n) is 7.70. The molecule has 1 aromatic heterocycles. The topological polar surface area (TPSA) is 41.1 Å². The van der Waals surface area contributed by atoms with Crippen LogP contribution in [-0.2, 0) is 4.79 Å². The van der Waals surface area contributed by atoms with E-state index in [0.29, 0.717) is 0 Å². The zero-order valence-electron chi connectivity index (χ0n) is 13.2. The van der Waals surface area contributed by atoms with Gasteiger partial charge in [-0.25, -0.2) is 4.39 Å². The van der Waals surface area contributed by atoms with Crippen molar-refractivity contribution >= 4 is 34.5 Å². The highest BCUT2D eigenvalue weighted by atomic mass is 35.5. The van der Waals surface area contributed by atoms with Crippen molar-refractivity contribution in [1.82, 2.24) is 5.32 Å². The summed E-state index contributed by atoms with van der Waals surface area (Å²) in [5.74, 6) is -0.877. The molecule has 3 rings (SSSR count). The summed E-state index contributed by atoms with van der Waals surface area (Å²) in [7, 11) is 0. The van der Waals surface area contributed by atoms with Crippen molar-refractivity contribution in [2.45, 2.75) is 6.04 Å². The van der Waals surface area contributed by atoms with Crippen molar-refractivity contribution in [3.8, 4) is 0 Å². The number of anilines is 1. The molecule has 6 heteroatoms. The van der Waals surface area contributed by atoms with Gasteiger partial charge in [0.05, 0.1) is 18.3 Å². The normalized spacial score (nSPS) is 11.9. The first kappa shape index (κ1) is 17.6. The number of benzene rings is 2. The maximum absolute atomic E-state index is 13.8. The smallest absolute Gasteiger partial charge is 0.238 e. The van der Waals surface area contributed by atoms with E-state index >= 15 is 0 Å². The van der Waals surface area contributed by atoms with Crippen LogP contribution in [0.1, 0.15) is 16.5 Å². The highest BCUT2D eigenvalue weighted by Crippen LogP contribution is 2.25. The van der Waals surface area contributed by atoms with Crippen LogP contribution >= 0.6 is 22.9 Å². The minimum atomic E-state index is -0.557. The van der Waals surface area contributed by atoms with E-state index < -0.39 is 5.82 Å². The fraction of sp³-hybridized carbons (Fsp3) is 0.105. The third-order valence-corrected chi connectivity index (χ3v) is 4.80. The van der Waals surface area contributed by atoms with E-state index in [1.165, 1.54) is 18.2 Å². The van der Waals surface area contributed by atoms with Gasteiger partial charge in [0.2, 0.25) is 5.91 Å². The van der Waals surface area contributed by atoms with Crippen molar-refractivity contribution in [1.29, 1.82) is 0 Å². The van der Waals surface area contributed by atoms with Gasteiger partial charge in [0.25, 0.3) is 0 Å². The summed E-state index contributed by atoms with van der Waals surface area (Å²) in [5, 5.41) is 8.08. The molecule has 2 N–H and O–H groups in total. The number of rotatable bonds is 6. The predicted octanol–water partition coefficient (Wildman–Crippen LogP) is 4.86. The summed E-state index contributed by atoms with van der Waals surface area (Å²) < 4.78 is 13.8. The maximum Gasteiger partial charge on any atom is 0.238 e. The van der Waals surface area contributed by atoms with Gasteiger partial charge in [0.15, 0.2) is 0 Å². The van der Waals surface area contributed by atoms with Gasteiger partial charge < -0.3 is 5.32 Å². The van der Waals surface area contributed by atoms with Crippen molar-refractivity contribution in [2.75, 3.05) is 11.9 Å². The van der Waals surface area contributed by atoms with E-state index in [1.54, 1.807) is 11.3 Å². The third kappa shape index (κ3) is 4.66. The second kappa shape index (κ2) is 8.25. The summed E-state index contributed by atoms with van der Waals surface area (Å²) in [4.78, 5) is 13.3. The fourth-order valence-electron chi connectivity index (χ4n) is 2.46. The molecule has 0 bridgehead atoms. The second-order valence-electron chi connectivity index (χ2n) is 5.41. The number of halogens is 2. The lowest BCUT2D eigenvalue weighted by atomic mass is 10.1. The van der Waals surface area contributed by atoms with Gasteiger partial charge in [-0.15, -0.1) is 11.3 Å². The molecule has 1 amide bonds. The van der Waals surface area contributed by atoms with Gasteiger partial charge in [0.1, 0.15) is 5.82 Å². The number of carbonyl (C=O) groups excluding carboxylic acids is 1. The number of hydrogen-bond donors (Lipinski definition) is 2. The van der Waals surface area contributed by atoms with Crippen molar-refractivity contribution in [3.63, 3.8) is 0 Å². The molecule has 0 aliphatic carbocycles. The highest BCUT2D eigenvalue weighted by Gasteiger charge is 2.16. The van der Waals surface area contributed by atoms with Gasteiger partial charge in [0, 0.05) is 9.90 Å². The first-order valence-corrected chi connectivity index (χ1v) is 8.96. The van der Waals surface area contributed by atoms with Crippen LogP contribution in [0.5, 0.6) is 0 Å². The summed E-state index contributed by atoms with van der Waals surface area (Å²) in [6.45, 7) is 0.0551. The average molecular weight is 375 g/mol. The summed E-state index contributed by atoms with van der Waals surface area (Å²) in [6, 6.07) is 17.9. The van der Waals surface area contributed by atoms with Gasteiger partial charge in [-0.3, -0.25) is 10.1 Å². The predicted molar refractivity (Wildman–Crippen MR) is 101 cm³/mol. The molecule has 0 spiro atoms. The summed E-state index contributed by atoms with van der Waals surface area (Å²) in [6.07, 6.45) is 0. The van der Waals surface area contributed by atoms with Crippen LogP contribution < -0.4 is 10.6 Å². The Bertz CT molecular complexity index is 840. The Balaban J connectivity index is 1.68. The molecule has 2 aromatic carbocycles. The molecule has 128 valence electrons. The van der Waals surface area contributed by atoms with E-state index in [2.05, 4.69) is 10.6 Å². The Morgan fingerprint density at radius 3 is 2.60 bits per heavy atom. The quantitative estimate of drug-likeness (QED) is 0.647. The van der Waals surface area contributed by atoms with Crippen LogP contribution in [0, 0.1) is 5.82 Å². The lowest BCUT2D eigenvalue weighted by Gasteiger charge is -2.18. The average Bonchev–Trinajstić information content (AvgIpc) is 3.13. The molecular formula is C19H16ClFN2OS. The second-order valence-corrected chi connectivity index (χ2v) is 6.83. The van der Waals surface area contributed by atoms with E-state index in [4.69, 9.17) is 11.6 Å². The maximum atomic E-state index is 13.8. The molecule has 3 nitrogen and oxygen atoms in total. The first-order chi connectivity index (χ1) is 12.1. The van der Waals surface area contributed by atoms with Crippen molar-refractivity contribution < 1.29 is 9.18 Å². The number of amides is 1. The molecule has 3 aromatic rings. The Morgan fingerprint density at radius 1 is 1.12 bits per heavy atom. The molecule has 0 aliphatic heterocycles. The monoisotopic (exact) mass is 374 g/mol. The van der Waals surface area contributed by atoms with Gasteiger partial charge >= 0.3 is 0 Å². The van der Waals surface area contributed by atoms with Crippen LogP contribution in [0.25, 0.3) is 0 Å². The number of carbonyl (C=O) groups is 1. The molecule has 0 saturated heterocycles. The minimum absolute atomic E-state index is 0.0551. The molecule has 0 fully saturated rings. The SMILES string of the molecule is O=C(CN[C@@H](c1ccccc1)c1cccs1)Nc1ccc(Cl)cc1F. The minimum Gasteiger partial charge on any atom is -0.322 e. The Labute approximate surface area is 154 Å². The Morgan fingerprint density at radius 2 is 1.92 bits per heavy atom. The Kier molecular flexibility index (Phi) is 5.81. The zero-order chi connectivity index (χ0) is 17.6. The van der Waals surface area contributed by atoms with Crippen molar-refractivity contribution in [2.24, 2.45) is 0 Å². The number of hydrogen-bond acceptors (Lipinski definition) is 3.